The largest absolute Gasteiger partial charge is 0.327 e. The summed E-state index contributed by atoms with van der Waals surface area (Å²) in [6.45, 7) is 6.33. The van der Waals surface area contributed by atoms with Crippen LogP contribution in [-0.2, 0) is 0 Å². The Morgan fingerprint density at radius 2 is 2.00 bits per heavy atom. The molecule has 13 heavy (non-hydrogen) atoms. The molecule has 2 unspecified atom stereocenters. The number of aryl methyl sites for hydroxylation is 1. The van der Waals surface area contributed by atoms with Crippen molar-refractivity contribution in [2.45, 2.75) is 37.0 Å². The van der Waals surface area contributed by atoms with E-state index in [2.05, 4.69) is 38.1 Å². The second-order valence-electron chi connectivity index (χ2n) is 3.50. The molecule has 0 aromatic heterocycles. The second kappa shape index (κ2) is 4.68. The minimum absolute atomic E-state index is 0.241. The van der Waals surface area contributed by atoms with Crippen LogP contribution >= 0.6 is 11.8 Å². The topological polar surface area (TPSA) is 26.0 Å². The van der Waals surface area contributed by atoms with E-state index in [1.807, 2.05) is 18.7 Å². The van der Waals surface area contributed by atoms with Crippen molar-refractivity contribution < 1.29 is 0 Å². The zero-order chi connectivity index (χ0) is 9.84. The molecule has 0 saturated carbocycles. The van der Waals surface area contributed by atoms with Gasteiger partial charge in [0, 0.05) is 16.2 Å². The van der Waals surface area contributed by atoms with Gasteiger partial charge in [-0.2, -0.15) is 0 Å². The second-order valence-corrected chi connectivity index (χ2v) is 4.95. The summed E-state index contributed by atoms with van der Waals surface area (Å²) in [4.78, 5) is 1.31. The van der Waals surface area contributed by atoms with Gasteiger partial charge in [-0.1, -0.05) is 24.6 Å². The first kappa shape index (κ1) is 10.6. The molecule has 0 bridgehead atoms. The highest BCUT2D eigenvalue weighted by Gasteiger charge is 2.08. The molecular weight excluding hydrogens is 178 g/mol. The van der Waals surface area contributed by atoms with Crippen molar-refractivity contribution in [3.8, 4) is 0 Å². The van der Waals surface area contributed by atoms with Crippen LogP contribution < -0.4 is 5.73 Å². The minimum atomic E-state index is 0.241. The van der Waals surface area contributed by atoms with Crippen molar-refractivity contribution in [3.63, 3.8) is 0 Å². The zero-order valence-electron chi connectivity index (χ0n) is 8.45. The fraction of sp³-hybridized carbons (Fsp3) is 0.455. The van der Waals surface area contributed by atoms with Gasteiger partial charge in [0.25, 0.3) is 0 Å². The summed E-state index contributed by atoms with van der Waals surface area (Å²) in [7, 11) is 0. The van der Waals surface area contributed by atoms with Crippen LogP contribution in [0.25, 0.3) is 0 Å². The van der Waals surface area contributed by atoms with E-state index in [1.165, 1.54) is 10.5 Å². The van der Waals surface area contributed by atoms with E-state index in [9.17, 15) is 0 Å². The Balaban J connectivity index is 2.64. The Kier molecular flexibility index (Phi) is 3.82. The molecular formula is C11H17NS. The van der Waals surface area contributed by atoms with E-state index < -0.39 is 0 Å². The van der Waals surface area contributed by atoms with Crippen molar-refractivity contribution in [1.82, 2.24) is 0 Å². The smallest absolute Gasteiger partial charge is 0.0215 e. The number of rotatable bonds is 3. The van der Waals surface area contributed by atoms with Crippen molar-refractivity contribution in [3.05, 3.63) is 29.8 Å². The molecule has 0 amide bonds. The van der Waals surface area contributed by atoms with Crippen LogP contribution in [0.5, 0.6) is 0 Å². The van der Waals surface area contributed by atoms with E-state index in [-0.39, 0.29) is 6.04 Å². The molecule has 1 aromatic carbocycles. The Hall–Kier alpha value is -0.470. The van der Waals surface area contributed by atoms with Crippen LogP contribution in [0.2, 0.25) is 0 Å². The molecule has 1 rings (SSSR count). The van der Waals surface area contributed by atoms with Gasteiger partial charge in [-0.15, -0.1) is 11.8 Å². The molecule has 1 aromatic rings. The van der Waals surface area contributed by atoms with Crippen molar-refractivity contribution >= 4 is 11.8 Å². The zero-order valence-corrected chi connectivity index (χ0v) is 9.27. The first-order chi connectivity index (χ1) is 6.09. The predicted octanol–water partition coefficient (Wildman–Crippen LogP) is 2.82. The normalized spacial score (nSPS) is 15.4. The summed E-state index contributed by atoms with van der Waals surface area (Å²) in [5.74, 6) is 0. The third kappa shape index (κ3) is 3.41. The third-order valence-electron chi connectivity index (χ3n) is 2.05. The van der Waals surface area contributed by atoms with Crippen LogP contribution in [0.15, 0.2) is 29.2 Å². The molecule has 2 heteroatoms. The molecule has 0 fully saturated rings. The fourth-order valence-corrected chi connectivity index (χ4v) is 2.07. The third-order valence-corrected chi connectivity index (χ3v) is 3.38. The predicted molar refractivity (Wildman–Crippen MR) is 60.1 cm³/mol. The Bertz CT molecular complexity index is 271. The standard InChI is InChI=1S/C11H17NS/c1-8-5-4-6-11(7-8)13-10(3)9(2)12/h4-7,9-10H,12H2,1-3H3. The lowest BCUT2D eigenvalue weighted by atomic mass is 10.2. The van der Waals surface area contributed by atoms with E-state index >= 15 is 0 Å². The summed E-state index contributed by atoms with van der Waals surface area (Å²) in [5, 5.41) is 0.474. The van der Waals surface area contributed by atoms with Gasteiger partial charge in [0.15, 0.2) is 0 Å². The summed E-state index contributed by atoms with van der Waals surface area (Å²) < 4.78 is 0. The van der Waals surface area contributed by atoms with Gasteiger partial charge in [-0.3, -0.25) is 0 Å². The first-order valence-electron chi connectivity index (χ1n) is 4.58. The highest BCUT2D eigenvalue weighted by molar-refractivity contribution is 8.00. The van der Waals surface area contributed by atoms with Gasteiger partial charge in [0.05, 0.1) is 0 Å². The van der Waals surface area contributed by atoms with Gasteiger partial charge in [0.2, 0.25) is 0 Å². The molecule has 0 heterocycles. The van der Waals surface area contributed by atoms with Gasteiger partial charge in [-0.05, 0) is 26.0 Å². The summed E-state index contributed by atoms with van der Waals surface area (Å²) >= 11 is 1.84. The number of thioether (sulfide) groups is 1. The van der Waals surface area contributed by atoms with Gasteiger partial charge in [-0.25, -0.2) is 0 Å². The van der Waals surface area contributed by atoms with Crippen LogP contribution in [0.4, 0.5) is 0 Å². The van der Waals surface area contributed by atoms with Gasteiger partial charge < -0.3 is 5.73 Å². The van der Waals surface area contributed by atoms with Crippen LogP contribution in [0.1, 0.15) is 19.4 Å². The monoisotopic (exact) mass is 195 g/mol. The highest BCUT2D eigenvalue weighted by Crippen LogP contribution is 2.24. The fourth-order valence-electron chi connectivity index (χ4n) is 1.01. The molecule has 0 saturated heterocycles. The van der Waals surface area contributed by atoms with E-state index in [4.69, 9.17) is 5.73 Å². The average Bonchev–Trinajstić information content (AvgIpc) is 2.04. The number of nitrogens with two attached hydrogens (primary N) is 1. The molecule has 0 aliphatic carbocycles. The molecule has 72 valence electrons. The molecule has 1 nitrogen and oxygen atoms in total. The Morgan fingerprint density at radius 1 is 1.31 bits per heavy atom. The lowest BCUT2D eigenvalue weighted by Gasteiger charge is -2.14. The summed E-state index contributed by atoms with van der Waals surface area (Å²) in [5.41, 5.74) is 7.11. The summed E-state index contributed by atoms with van der Waals surface area (Å²) in [6.07, 6.45) is 0. The molecule has 0 aliphatic heterocycles. The number of hydrogen-bond donors (Lipinski definition) is 1. The lowest BCUT2D eigenvalue weighted by molar-refractivity contribution is 0.731. The van der Waals surface area contributed by atoms with Crippen LogP contribution in [0, 0.1) is 6.92 Å². The average molecular weight is 195 g/mol. The van der Waals surface area contributed by atoms with E-state index in [0.29, 0.717) is 5.25 Å². The lowest BCUT2D eigenvalue weighted by Crippen LogP contribution is -2.26. The Labute approximate surface area is 84.7 Å². The highest BCUT2D eigenvalue weighted by atomic mass is 32.2. The quantitative estimate of drug-likeness (QED) is 0.751. The minimum Gasteiger partial charge on any atom is -0.327 e. The Morgan fingerprint density at radius 3 is 2.54 bits per heavy atom. The maximum atomic E-state index is 5.80. The molecule has 0 radical (unpaired) electrons. The maximum absolute atomic E-state index is 5.80. The summed E-state index contributed by atoms with van der Waals surface area (Å²) in [6, 6.07) is 8.78. The molecule has 2 atom stereocenters. The van der Waals surface area contributed by atoms with Crippen molar-refractivity contribution in [2.24, 2.45) is 5.73 Å². The number of benzene rings is 1. The number of hydrogen-bond acceptors (Lipinski definition) is 2. The first-order valence-corrected chi connectivity index (χ1v) is 5.46. The van der Waals surface area contributed by atoms with E-state index in [1.54, 1.807) is 0 Å². The van der Waals surface area contributed by atoms with Gasteiger partial charge in [0.1, 0.15) is 0 Å². The van der Waals surface area contributed by atoms with Crippen molar-refractivity contribution in [1.29, 1.82) is 0 Å². The van der Waals surface area contributed by atoms with Gasteiger partial charge >= 0.3 is 0 Å². The van der Waals surface area contributed by atoms with Crippen molar-refractivity contribution in [2.75, 3.05) is 0 Å². The molecule has 0 aliphatic rings. The van der Waals surface area contributed by atoms with Crippen LogP contribution in [0.3, 0.4) is 0 Å². The van der Waals surface area contributed by atoms with Crippen LogP contribution in [-0.4, -0.2) is 11.3 Å². The molecule has 0 spiro atoms. The maximum Gasteiger partial charge on any atom is 0.0215 e. The molecule has 2 N–H and O–H groups in total. The van der Waals surface area contributed by atoms with E-state index in [0.717, 1.165) is 0 Å². The SMILES string of the molecule is Cc1cccc(SC(C)C(C)N)c1.